The van der Waals surface area contributed by atoms with Crippen LogP contribution in [0.2, 0.25) is 0 Å². The summed E-state index contributed by atoms with van der Waals surface area (Å²) in [5, 5.41) is 3.43. The zero-order chi connectivity index (χ0) is 14.9. The summed E-state index contributed by atoms with van der Waals surface area (Å²) in [4.78, 5) is 0. The van der Waals surface area contributed by atoms with Gasteiger partial charge in [-0.05, 0) is 36.6 Å². The molecule has 1 unspecified atom stereocenters. The van der Waals surface area contributed by atoms with Gasteiger partial charge in [0.2, 0.25) is 0 Å². The van der Waals surface area contributed by atoms with Crippen molar-refractivity contribution in [1.82, 2.24) is 5.32 Å². The Labute approximate surface area is 128 Å². The van der Waals surface area contributed by atoms with Gasteiger partial charge in [-0.1, -0.05) is 61.5 Å². The van der Waals surface area contributed by atoms with Crippen molar-refractivity contribution in [3.05, 3.63) is 71.3 Å². The Bertz CT molecular complexity index is 524. The van der Waals surface area contributed by atoms with Crippen LogP contribution >= 0.6 is 0 Å². The lowest BCUT2D eigenvalue weighted by atomic mass is 10.1. The predicted octanol–water partition coefficient (Wildman–Crippen LogP) is 4.46. The van der Waals surface area contributed by atoms with Gasteiger partial charge in [0.25, 0.3) is 0 Å². The summed E-state index contributed by atoms with van der Waals surface area (Å²) in [5.41, 5.74) is 3.77. The highest BCUT2D eigenvalue weighted by Crippen LogP contribution is 2.18. The summed E-state index contributed by atoms with van der Waals surface area (Å²) in [6, 6.07) is 19.0. The van der Waals surface area contributed by atoms with Crippen LogP contribution in [-0.4, -0.2) is 6.54 Å². The van der Waals surface area contributed by atoms with Crippen LogP contribution < -0.4 is 5.32 Å². The van der Waals surface area contributed by atoms with Crippen LogP contribution in [0.4, 0.5) is 0 Å². The zero-order valence-electron chi connectivity index (χ0n) is 13.0. The molecule has 1 N–H and O–H groups in total. The maximum absolute atomic E-state index is 5.97. The molecule has 0 aliphatic rings. The van der Waals surface area contributed by atoms with Gasteiger partial charge in [0.05, 0.1) is 12.7 Å². The second kappa shape index (κ2) is 8.60. The summed E-state index contributed by atoms with van der Waals surface area (Å²) in [6.07, 6.45) is 1.28. The number of ether oxygens (including phenoxy) is 1. The Kier molecular flexibility index (Phi) is 6.45. The highest BCUT2D eigenvalue weighted by atomic mass is 16.5. The summed E-state index contributed by atoms with van der Waals surface area (Å²) in [6.45, 7) is 6.92. The van der Waals surface area contributed by atoms with Crippen molar-refractivity contribution >= 4 is 0 Å². The molecule has 2 aromatic rings. The SMILES string of the molecule is CCCNCc1cccc(COC(C)c2ccccc2)c1. The van der Waals surface area contributed by atoms with E-state index in [1.54, 1.807) is 0 Å². The maximum atomic E-state index is 5.97. The molecule has 0 aliphatic carbocycles. The standard InChI is InChI=1S/C19H25NO/c1-3-12-20-14-17-8-7-9-18(13-17)15-21-16(2)19-10-5-4-6-11-19/h4-11,13,16,20H,3,12,14-15H2,1-2H3. The first kappa shape index (κ1) is 15.7. The largest absolute Gasteiger partial charge is 0.369 e. The van der Waals surface area contributed by atoms with Crippen LogP contribution in [0.15, 0.2) is 54.6 Å². The van der Waals surface area contributed by atoms with E-state index in [1.807, 2.05) is 6.07 Å². The molecule has 0 heterocycles. The topological polar surface area (TPSA) is 21.3 Å². The van der Waals surface area contributed by atoms with Gasteiger partial charge in [-0.3, -0.25) is 0 Å². The van der Waals surface area contributed by atoms with Gasteiger partial charge < -0.3 is 10.1 Å². The summed E-state index contributed by atoms with van der Waals surface area (Å²) >= 11 is 0. The molecule has 112 valence electrons. The number of nitrogens with one attached hydrogen (secondary N) is 1. The molecule has 0 aromatic heterocycles. The van der Waals surface area contributed by atoms with Crippen molar-refractivity contribution in [2.45, 2.75) is 39.5 Å². The van der Waals surface area contributed by atoms with Gasteiger partial charge >= 0.3 is 0 Å². The Morgan fingerprint density at radius 2 is 1.76 bits per heavy atom. The smallest absolute Gasteiger partial charge is 0.0801 e. The zero-order valence-corrected chi connectivity index (χ0v) is 13.0. The molecule has 21 heavy (non-hydrogen) atoms. The van der Waals surface area contributed by atoms with Crippen molar-refractivity contribution in [2.75, 3.05) is 6.54 Å². The monoisotopic (exact) mass is 283 g/mol. The predicted molar refractivity (Wildman–Crippen MR) is 88.1 cm³/mol. The van der Waals surface area contributed by atoms with Crippen LogP contribution in [0.5, 0.6) is 0 Å². The quantitative estimate of drug-likeness (QED) is 0.722. The third-order valence-corrected chi connectivity index (χ3v) is 3.52. The van der Waals surface area contributed by atoms with E-state index in [0.717, 1.165) is 19.5 Å². The molecular formula is C19H25NO. The Hall–Kier alpha value is -1.64. The maximum Gasteiger partial charge on any atom is 0.0801 e. The van der Waals surface area contributed by atoms with Crippen molar-refractivity contribution in [3.8, 4) is 0 Å². The van der Waals surface area contributed by atoms with E-state index < -0.39 is 0 Å². The molecule has 0 saturated carbocycles. The molecular weight excluding hydrogens is 258 g/mol. The van der Waals surface area contributed by atoms with Crippen LogP contribution in [0.25, 0.3) is 0 Å². The van der Waals surface area contributed by atoms with E-state index >= 15 is 0 Å². The van der Waals surface area contributed by atoms with E-state index in [0.29, 0.717) is 6.61 Å². The van der Waals surface area contributed by atoms with E-state index in [4.69, 9.17) is 4.74 Å². The summed E-state index contributed by atoms with van der Waals surface area (Å²) in [7, 11) is 0. The molecule has 0 amide bonds. The van der Waals surface area contributed by atoms with E-state index in [2.05, 4.69) is 67.7 Å². The third kappa shape index (κ3) is 5.33. The van der Waals surface area contributed by atoms with Crippen molar-refractivity contribution in [3.63, 3.8) is 0 Å². The van der Waals surface area contributed by atoms with E-state index in [-0.39, 0.29) is 6.10 Å². The highest BCUT2D eigenvalue weighted by molar-refractivity contribution is 5.23. The minimum Gasteiger partial charge on any atom is -0.369 e. The molecule has 0 radical (unpaired) electrons. The number of hydrogen-bond acceptors (Lipinski definition) is 2. The second-order valence-corrected chi connectivity index (χ2v) is 5.36. The normalized spacial score (nSPS) is 12.3. The minimum atomic E-state index is 0.119. The van der Waals surface area contributed by atoms with Crippen molar-refractivity contribution in [1.29, 1.82) is 0 Å². The molecule has 0 spiro atoms. The van der Waals surface area contributed by atoms with Gasteiger partial charge in [-0.15, -0.1) is 0 Å². The van der Waals surface area contributed by atoms with Crippen molar-refractivity contribution in [2.24, 2.45) is 0 Å². The molecule has 2 aromatic carbocycles. The minimum absolute atomic E-state index is 0.119. The number of rotatable bonds is 8. The lowest BCUT2D eigenvalue weighted by Crippen LogP contribution is -2.13. The molecule has 0 aliphatic heterocycles. The number of hydrogen-bond donors (Lipinski definition) is 1. The molecule has 2 nitrogen and oxygen atoms in total. The van der Waals surface area contributed by atoms with Gasteiger partial charge in [0.15, 0.2) is 0 Å². The molecule has 1 atom stereocenters. The van der Waals surface area contributed by atoms with Crippen LogP contribution in [0.1, 0.15) is 43.1 Å². The lowest BCUT2D eigenvalue weighted by molar-refractivity contribution is 0.0525. The molecule has 0 bridgehead atoms. The van der Waals surface area contributed by atoms with Gasteiger partial charge in [0.1, 0.15) is 0 Å². The average molecular weight is 283 g/mol. The summed E-state index contributed by atoms with van der Waals surface area (Å²) in [5.74, 6) is 0. The molecule has 0 saturated heterocycles. The Balaban J connectivity index is 1.86. The average Bonchev–Trinajstić information content (AvgIpc) is 2.54. The highest BCUT2D eigenvalue weighted by Gasteiger charge is 2.05. The number of benzene rings is 2. The fourth-order valence-electron chi connectivity index (χ4n) is 2.28. The van der Waals surface area contributed by atoms with Crippen molar-refractivity contribution < 1.29 is 4.74 Å². The molecule has 2 heteroatoms. The van der Waals surface area contributed by atoms with Crippen LogP contribution in [-0.2, 0) is 17.9 Å². The fraction of sp³-hybridized carbons (Fsp3) is 0.368. The first-order valence-electron chi connectivity index (χ1n) is 7.74. The second-order valence-electron chi connectivity index (χ2n) is 5.36. The van der Waals surface area contributed by atoms with Crippen LogP contribution in [0.3, 0.4) is 0 Å². The molecule has 2 rings (SSSR count). The first-order chi connectivity index (χ1) is 10.3. The van der Waals surface area contributed by atoms with Crippen LogP contribution in [0, 0.1) is 0 Å². The summed E-state index contributed by atoms with van der Waals surface area (Å²) < 4.78 is 5.97. The van der Waals surface area contributed by atoms with E-state index in [9.17, 15) is 0 Å². The molecule has 0 fully saturated rings. The van der Waals surface area contributed by atoms with Gasteiger partial charge in [-0.2, -0.15) is 0 Å². The van der Waals surface area contributed by atoms with Gasteiger partial charge in [-0.25, -0.2) is 0 Å². The van der Waals surface area contributed by atoms with Gasteiger partial charge in [0, 0.05) is 6.54 Å². The first-order valence-corrected chi connectivity index (χ1v) is 7.74. The Morgan fingerprint density at radius 3 is 2.52 bits per heavy atom. The lowest BCUT2D eigenvalue weighted by Gasteiger charge is -2.14. The Morgan fingerprint density at radius 1 is 1.00 bits per heavy atom. The van der Waals surface area contributed by atoms with E-state index in [1.165, 1.54) is 16.7 Å². The third-order valence-electron chi connectivity index (χ3n) is 3.52. The fourth-order valence-corrected chi connectivity index (χ4v) is 2.28.